The van der Waals surface area contributed by atoms with Crippen molar-refractivity contribution in [2.45, 2.75) is 18.9 Å². The summed E-state index contributed by atoms with van der Waals surface area (Å²) < 4.78 is 27.4. The Morgan fingerprint density at radius 1 is 1.59 bits per heavy atom. The van der Waals surface area contributed by atoms with Gasteiger partial charge in [-0.1, -0.05) is 0 Å². The molecule has 0 spiro atoms. The van der Waals surface area contributed by atoms with Crippen LogP contribution >= 0.6 is 0 Å². The SMILES string of the molecule is COCCCN=C(NN)NC1CCS(=O)(=O)C1. The molecular formula is C9H20N4O3S. The van der Waals surface area contributed by atoms with Crippen molar-refractivity contribution in [2.75, 3.05) is 31.8 Å². The molecule has 1 aliphatic heterocycles. The van der Waals surface area contributed by atoms with Crippen LogP contribution in [0.1, 0.15) is 12.8 Å². The fraction of sp³-hybridized carbons (Fsp3) is 0.889. The molecule has 0 saturated carbocycles. The van der Waals surface area contributed by atoms with E-state index in [-0.39, 0.29) is 17.5 Å². The van der Waals surface area contributed by atoms with Crippen molar-refractivity contribution in [3.63, 3.8) is 0 Å². The van der Waals surface area contributed by atoms with Gasteiger partial charge in [0.2, 0.25) is 5.96 Å². The summed E-state index contributed by atoms with van der Waals surface area (Å²) in [5, 5.41) is 2.99. The van der Waals surface area contributed by atoms with E-state index in [4.69, 9.17) is 10.6 Å². The molecule has 1 atom stereocenters. The van der Waals surface area contributed by atoms with E-state index < -0.39 is 9.84 Å². The molecule has 100 valence electrons. The van der Waals surface area contributed by atoms with E-state index in [2.05, 4.69) is 15.7 Å². The molecule has 0 bridgehead atoms. The molecule has 0 amide bonds. The summed E-state index contributed by atoms with van der Waals surface area (Å²) in [5.41, 5.74) is 2.44. The average molecular weight is 264 g/mol. The van der Waals surface area contributed by atoms with E-state index in [0.717, 1.165) is 6.42 Å². The van der Waals surface area contributed by atoms with Crippen LogP contribution < -0.4 is 16.6 Å². The van der Waals surface area contributed by atoms with Crippen LogP contribution in [0.25, 0.3) is 0 Å². The minimum Gasteiger partial charge on any atom is -0.385 e. The van der Waals surface area contributed by atoms with Gasteiger partial charge in [-0.2, -0.15) is 0 Å². The Balaban J connectivity index is 2.36. The lowest BCUT2D eigenvalue weighted by Gasteiger charge is -2.13. The second kappa shape index (κ2) is 6.77. The maximum absolute atomic E-state index is 11.3. The van der Waals surface area contributed by atoms with E-state index in [0.29, 0.717) is 25.5 Å². The highest BCUT2D eigenvalue weighted by Gasteiger charge is 2.28. The first kappa shape index (κ1) is 14.2. The Hall–Kier alpha value is -0.860. The summed E-state index contributed by atoms with van der Waals surface area (Å²) in [5.74, 6) is 6.12. The Labute approximate surface area is 102 Å². The quantitative estimate of drug-likeness (QED) is 0.186. The van der Waals surface area contributed by atoms with Gasteiger partial charge in [-0.05, 0) is 12.8 Å². The first-order valence-electron chi connectivity index (χ1n) is 5.54. The summed E-state index contributed by atoms with van der Waals surface area (Å²) in [6.45, 7) is 1.22. The van der Waals surface area contributed by atoms with Crippen molar-refractivity contribution in [1.82, 2.24) is 10.7 Å². The number of nitrogens with one attached hydrogen (secondary N) is 2. The van der Waals surface area contributed by atoms with Crippen LogP contribution in [-0.2, 0) is 14.6 Å². The number of sulfone groups is 1. The monoisotopic (exact) mass is 264 g/mol. The van der Waals surface area contributed by atoms with E-state index in [1.54, 1.807) is 7.11 Å². The smallest absolute Gasteiger partial charge is 0.205 e. The van der Waals surface area contributed by atoms with Gasteiger partial charge in [0, 0.05) is 26.3 Å². The number of rotatable bonds is 5. The Bertz CT molecular complexity index is 355. The van der Waals surface area contributed by atoms with Crippen LogP contribution in [0.3, 0.4) is 0 Å². The highest BCUT2D eigenvalue weighted by atomic mass is 32.2. The normalized spacial score (nSPS) is 23.6. The van der Waals surface area contributed by atoms with Crippen molar-refractivity contribution >= 4 is 15.8 Å². The first-order valence-corrected chi connectivity index (χ1v) is 7.36. The largest absolute Gasteiger partial charge is 0.385 e. The highest BCUT2D eigenvalue weighted by Crippen LogP contribution is 2.10. The molecule has 1 heterocycles. The number of hydrazine groups is 1. The highest BCUT2D eigenvalue weighted by molar-refractivity contribution is 7.91. The maximum atomic E-state index is 11.3. The number of ether oxygens (including phenoxy) is 1. The van der Waals surface area contributed by atoms with Gasteiger partial charge in [-0.15, -0.1) is 0 Å². The number of aliphatic imine (C=N–C) groups is 1. The van der Waals surface area contributed by atoms with Crippen LogP contribution in [-0.4, -0.2) is 52.2 Å². The second-order valence-corrected chi connectivity index (χ2v) is 6.19. The number of methoxy groups -OCH3 is 1. The summed E-state index contributed by atoms with van der Waals surface area (Å²) in [6, 6.07) is -0.0998. The van der Waals surface area contributed by atoms with Gasteiger partial charge in [-0.25, -0.2) is 14.3 Å². The number of guanidine groups is 1. The first-order chi connectivity index (χ1) is 8.07. The van der Waals surface area contributed by atoms with E-state index in [9.17, 15) is 8.42 Å². The molecule has 1 fully saturated rings. The van der Waals surface area contributed by atoms with Crippen molar-refractivity contribution < 1.29 is 13.2 Å². The lowest BCUT2D eigenvalue weighted by atomic mass is 10.3. The van der Waals surface area contributed by atoms with E-state index in [1.165, 1.54) is 0 Å². The van der Waals surface area contributed by atoms with Gasteiger partial charge in [0.25, 0.3) is 0 Å². The number of nitrogens with zero attached hydrogens (tertiary/aromatic N) is 1. The standard InChI is InChI=1S/C9H20N4O3S/c1-16-5-2-4-11-9(13-10)12-8-3-6-17(14,15)7-8/h8H,2-7,10H2,1H3,(H2,11,12,13). The van der Waals surface area contributed by atoms with Crippen molar-refractivity contribution in [1.29, 1.82) is 0 Å². The maximum Gasteiger partial charge on any atom is 0.205 e. The lowest BCUT2D eigenvalue weighted by Crippen LogP contribution is -2.47. The Morgan fingerprint density at radius 2 is 2.35 bits per heavy atom. The summed E-state index contributed by atoms with van der Waals surface area (Å²) >= 11 is 0. The topological polar surface area (TPSA) is 106 Å². The predicted octanol–water partition coefficient (Wildman–Crippen LogP) is -1.38. The van der Waals surface area contributed by atoms with Crippen LogP contribution in [0, 0.1) is 0 Å². The fourth-order valence-electron chi connectivity index (χ4n) is 1.63. The number of hydrogen-bond acceptors (Lipinski definition) is 5. The summed E-state index contributed by atoms with van der Waals surface area (Å²) in [4.78, 5) is 4.19. The molecule has 4 N–H and O–H groups in total. The van der Waals surface area contributed by atoms with Gasteiger partial charge in [0.1, 0.15) is 0 Å². The van der Waals surface area contributed by atoms with Crippen molar-refractivity contribution in [3.05, 3.63) is 0 Å². The third-order valence-electron chi connectivity index (χ3n) is 2.49. The van der Waals surface area contributed by atoms with Crippen molar-refractivity contribution in [2.24, 2.45) is 10.8 Å². The molecule has 0 aliphatic carbocycles. The lowest BCUT2D eigenvalue weighted by molar-refractivity contribution is 0.197. The molecule has 0 radical (unpaired) electrons. The van der Waals surface area contributed by atoms with Crippen LogP contribution in [0.4, 0.5) is 0 Å². The minimum absolute atomic E-state index is 0.0998. The van der Waals surface area contributed by atoms with Gasteiger partial charge < -0.3 is 10.1 Å². The molecule has 0 aromatic heterocycles. The molecule has 7 nitrogen and oxygen atoms in total. The summed E-state index contributed by atoms with van der Waals surface area (Å²) in [7, 11) is -1.25. The van der Waals surface area contributed by atoms with Gasteiger partial charge in [0.05, 0.1) is 11.5 Å². The van der Waals surface area contributed by atoms with E-state index in [1.807, 2.05) is 0 Å². The molecule has 1 rings (SSSR count). The van der Waals surface area contributed by atoms with Crippen LogP contribution in [0.2, 0.25) is 0 Å². The van der Waals surface area contributed by atoms with Gasteiger partial charge in [0.15, 0.2) is 9.84 Å². The summed E-state index contributed by atoms with van der Waals surface area (Å²) in [6.07, 6.45) is 1.40. The van der Waals surface area contributed by atoms with Crippen LogP contribution in [0.15, 0.2) is 4.99 Å². The van der Waals surface area contributed by atoms with Gasteiger partial charge in [-0.3, -0.25) is 10.4 Å². The van der Waals surface area contributed by atoms with Crippen molar-refractivity contribution in [3.8, 4) is 0 Å². The van der Waals surface area contributed by atoms with Gasteiger partial charge >= 0.3 is 0 Å². The molecule has 1 unspecified atom stereocenters. The molecule has 1 saturated heterocycles. The van der Waals surface area contributed by atoms with E-state index >= 15 is 0 Å². The Morgan fingerprint density at radius 3 is 2.88 bits per heavy atom. The zero-order valence-electron chi connectivity index (χ0n) is 9.98. The molecule has 17 heavy (non-hydrogen) atoms. The number of hydrogen-bond donors (Lipinski definition) is 3. The second-order valence-electron chi connectivity index (χ2n) is 3.97. The molecular weight excluding hydrogens is 244 g/mol. The molecule has 0 aromatic rings. The zero-order chi connectivity index (χ0) is 12.7. The average Bonchev–Trinajstić information content (AvgIpc) is 2.62. The predicted molar refractivity (Wildman–Crippen MR) is 66.3 cm³/mol. The third-order valence-corrected chi connectivity index (χ3v) is 4.25. The third kappa shape index (κ3) is 5.33. The zero-order valence-corrected chi connectivity index (χ0v) is 10.8. The fourth-order valence-corrected chi connectivity index (χ4v) is 3.31. The molecule has 1 aliphatic rings. The minimum atomic E-state index is -2.88. The molecule has 0 aromatic carbocycles. The molecule has 8 heteroatoms. The number of nitrogens with two attached hydrogens (primary N) is 1. The van der Waals surface area contributed by atoms with Crippen LogP contribution in [0.5, 0.6) is 0 Å². The Kier molecular flexibility index (Phi) is 5.66.